The summed E-state index contributed by atoms with van der Waals surface area (Å²) in [4.78, 5) is 13.2. The molecule has 0 amide bonds. The minimum absolute atomic E-state index is 0.144. The molecule has 0 spiro atoms. The molecule has 1 aromatic heterocycles. The lowest BCUT2D eigenvalue weighted by Crippen LogP contribution is -1.95. The Kier molecular flexibility index (Phi) is 6.74. The van der Waals surface area contributed by atoms with Gasteiger partial charge >= 0.3 is 5.76 Å². The molecular formula is C22H25NO4. The number of H-pyrrole nitrogens is 1. The standard InChI is InChI=1S/C22H25NO4/c24-21-20(27-22(25)23-21)11-7-2-1-4-8-17-12-14-19(15-13-17)26-16-18-9-5-3-6-10-18/h3,5-6,9-10,12-15,24H,1-2,4,7-8,11,16H2,(H,23,25). The van der Waals surface area contributed by atoms with Gasteiger partial charge in [-0.15, -0.1) is 0 Å². The van der Waals surface area contributed by atoms with Crippen molar-refractivity contribution >= 4 is 0 Å². The van der Waals surface area contributed by atoms with Crippen molar-refractivity contribution in [3.8, 4) is 11.6 Å². The molecule has 142 valence electrons. The van der Waals surface area contributed by atoms with E-state index in [1.807, 2.05) is 30.3 Å². The molecule has 3 aromatic rings. The molecule has 0 atom stereocenters. The molecule has 3 rings (SSSR count). The molecule has 0 aliphatic rings. The topological polar surface area (TPSA) is 75.5 Å². The van der Waals surface area contributed by atoms with Gasteiger partial charge in [0.2, 0.25) is 5.88 Å². The molecule has 0 radical (unpaired) electrons. The number of benzene rings is 2. The van der Waals surface area contributed by atoms with Gasteiger partial charge in [-0.25, -0.2) is 4.79 Å². The summed E-state index contributed by atoms with van der Waals surface area (Å²) in [5, 5.41) is 9.45. The van der Waals surface area contributed by atoms with Crippen LogP contribution >= 0.6 is 0 Å². The van der Waals surface area contributed by atoms with Crippen molar-refractivity contribution < 1.29 is 14.3 Å². The van der Waals surface area contributed by atoms with E-state index in [0.717, 1.165) is 43.4 Å². The van der Waals surface area contributed by atoms with Gasteiger partial charge in [-0.3, -0.25) is 4.98 Å². The summed E-state index contributed by atoms with van der Waals surface area (Å²) in [6.07, 6.45) is 5.74. The van der Waals surface area contributed by atoms with Gasteiger partial charge in [0.25, 0.3) is 0 Å². The smallest absolute Gasteiger partial charge is 0.419 e. The van der Waals surface area contributed by atoms with E-state index in [9.17, 15) is 9.90 Å². The van der Waals surface area contributed by atoms with Crippen LogP contribution in [0.5, 0.6) is 11.6 Å². The largest absolute Gasteiger partial charge is 0.492 e. The van der Waals surface area contributed by atoms with E-state index in [2.05, 4.69) is 29.2 Å². The minimum Gasteiger partial charge on any atom is -0.492 e. The lowest BCUT2D eigenvalue weighted by atomic mass is 10.0. The molecular weight excluding hydrogens is 342 g/mol. The monoisotopic (exact) mass is 367 g/mol. The quantitative estimate of drug-likeness (QED) is 0.514. The zero-order valence-electron chi connectivity index (χ0n) is 15.3. The van der Waals surface area contributed by atoms with E-state index in [0.29, 0.717) is 18.8 Å². The summed E-state index contributed by atoms with van der Waals surface area (Å²) in [5.74, 6) is 0.495. The van der Waals surface area contributed by atoms with Gasteiger partial charge in [0.15, 0.2) is 5.76 Å². The molecule has 2 N–H and O–H groups in total. The summed E-state index contributed by atoms with van der Waals surface area (Å²) in [6.45, 7) is 0.580. The van der Waals surface area contributed by atoms with Crippen molar-refractivity contribution in [1.29, 1.82) is 0 Å². The van der Waals surface area contributed by atoms with Crippen LogP contribution in [0.4, 0.5) is 0 Å². The van der Waals surface area contributed by atoms with Gasteiger partial charge in [0, 0.05) is 6.42 Å². The average Bonchev–Trinajstić information content (AvgIpc) is 3.01. The number of hydrogen-bond acceptors (Lipinski definition) is 4. The average molecular weight is 367 g/mol. The fourth-order valence-corrected chi connectivity index (χ4v) is 2.98. The van der Waals surface area contributed by atoms with Gasteiger partial charge in [-0.2, -0.15) is 0 Å². The third-order valence-electron chi connectivity index (χ3n) is 4.49. The SMILES string of the molecule is O=c1[nH]c(O)c(CCCCCCc2ccc(OCc3ccccc3)cc2)o1. The van der Waals surface area contributed by atoms with Gasteiger partial charge < -0.3 is 14.3 Å². The van der Waals surface area contributed by atoms with Gasteiger partial charge in [-0.1, -0.05) is 55.3 Å². The van der Waals surface area contributed by atoms with E-state index in [4.69, 9.17) is 9.15 Å². The summed E-state index contributed by atoms with van der Waals surface area (Å²) in [6, 6.07) is 18.4. The predicted molar refractivity (Wildman–Crippen MR) is 104 cm³/mol. The Bertz CT molecular complexity index is 865. The molecule has 5 nitrogen and oxygen atoms in total. The van der Waals surface area contributed by atoms with E-state index in [1.165, 1.54) is 5.56 Å². The summed E-state index contributed by atoms with van der Waals surface area (Å²) in [7, 11) is 0. The first-order valence-electron chi connectivity index (χ1n) is 9.37. The normalized spacial score (nSPS) is 10.8. The van der Waals surface area contributed by atoms with Gasteiger partial charge in [0.1, 0.15) is 12.4 Å². The van der Waals surface area contributed by atoms with Crippen molar-refractivity contribution in [2.75, 3.05) is 0 Å². The van der Waals surface area contributed by atoms with E-state index in [-0.39, 0.29) is 5.88 Å². The molecule has 2 aromatic carbocycles. The Hall–Kier alpha value is -2.95. The van der Waals surface area contributed by atoms with Crippen LogP contribution in [0, 0.1) is 0 Å². The Balaban J connectivity index is 1.31. The van der Waals surface area contributed by atoms with Crippen molar-refractivity contribution in [2.45, 2.75) is 45.1 Å². The second-order valence-corrected chi connectivity index (χ2v) is 6.62. The number of rotatable bonds is 10. The van der Waals surface area contributed by atoms with Crippen molar-refractivity contribution in [3.05, 3.63) is 82.0 Å². The Morgan fingerprint density at radius 2 is 1.56 bits per heavy atom. The second-order valence-electron chi connectivity index (χ2n) is 6.62. The number of aryl methyl sites for hydroxylation is 2. The number of aromatic nitrogens is 1. The van der Waals surface area contributed by atoms with Crippen LogP contribution in [0.2, 0.25) is 0 Å². The number of aromatic hydroxyl groups is 1. The molecule has 0 saturated heterocycles. The molecule has 27 heavy (non-hydrogen) atoms. The predicted octanol–water partition coefficient (Wildman–Crippen LogP) is 4.60. The van der Waals surface area contributed by atoms with E-state index < -0.39 is 5.76 Å². The Morgan fingerprint density at radius 3 is 2.22 bits per heavy atom. The second kappa shape index (κ2) is 9.67. The first-order chi connectivity index (χ1) is 13.2. The number of oxazole rings is 1. The van der Waals surface area contributed by atoms with Crippen molar-refractivity contribution in [3.63, 3.8) is 0 Å². The lowest BCUT2D eigenvalue weighted by molar-refractivity contribution is 0.306. The van der Waals surface area contributed by atoms with E-state index >= 15 is 0 Å². The highest BCUT2D eigenvalue weighted by Crippen LogP contribution is 2.17. The van der Waals surface area contributed by atoms with Crippen LogP contribution < -0.4 is 10.5 Å². The highest BCUT2D eigenvalue weighted by Gasteiger charge is 2.07. The minimum atomic E-state index is -0.598. The molecule has 0 fully saturated rings. The zero-order chi connectivity index (χ0) is 18.9. The number of aromatic amines is 1. The first-order valence-corrected chi connectivity index (χ1v) is 9.37. The molecule has 0 unspecified atom stereocenters. The van der Waals surface area contributed by atoms with Crippen molar-refractivity contribution in [1.82, 2.24) is 4.98 Å². The number of hydrogen-bond donors (Lipinski definition) is 2. The highest BCUT2D eigenvalue weighted by molar-refractivity contribution is 5.28. The number of ether oxygens (including phenoxy) is 1. The first kappa shape index (κ1) is 18.8. The molecule has 0 saturated carbocycles. The van der Waals surface area contributed by atoms with Crippen molar-refractivity contribution in [2.24, 2.45) is 0 Å². The third kappa shape index (κ3) is 6.06. The van der Waals surface area contributed by atoms with Gasteiger partial charge in [-0.05, 0) is 42.5 Å². The van der Waals surface area contributed by atoms with Crippen LogP contribution in [0.15, 0.2) is 63.8 Å². The Morgan fingerprint density at radius 1 is 0.852 bits per heavy atom. The van der Waals surface area contributed by atoms with Crippen LogP contribution in [0.25, 0.3) is 0 Å². The number of nitrogens with one attached hydrogen (secondary N) is 1. The lowest BCUT2D eigenvalue weighted by Gasteiger charge is -2.07. The molecule has 0 bridgehead atoms. The highest BCUT2D eigenvalue weighted by atomic mass is 16.5. The maximum atomic E-state index is 10.9. The molecule has 0 aliphatic heterocycles. The fraction of sp³-hybridized carbons (Fsp3) is 0.318. The van der Waals surface area contributed by atoms with Crippen LogP contribution in [0.1, 0.15) is 42.6 Å². The zero-order valence-corrected chi connectivity index (χ0v) is 15.3. The maximum Gasteiger partial charge on any atom is 0.419 e. The molecule has 0 aliphatic carbocycles. The third-order valence-corrected chi connectivity index (χ3v) is 4.49. The van der Waals surface area contributed by atoms with Crippen LogP contribution in [0.3, 0.4) is 0 Å². The van der Waals surface area contributed by atoms with Crippen LogP contribution in [-0.2, 0) is 19.4 Å². The van der Waals surface area contributed by atoms with E-state index in [1.54, 1.807) is 0 Å². The summed E-state index contributed by atoms with van der Waals surface area (Å²) < 4.78 is 10.7. The maximum absolute atomic E-state index is 10.9. The summed E-state index contributed by atoms with van der Waals surface area (Å²) in [5.41, 5.74) is 2.46. The van der Waals surface area contributed by atoms with Crippen LogP contribution in [-0.4, -0.2) is 10.1 Å². The number of unbranched alkanes of at least 4 members (excludes halogenated alkanes) is 3. The summed E-state index contributed by atoms with van der Waals surface area (Å²) >= 11 is 0. The van der Waals surface area contributed by atoms with Gasteiger partial charge in [0.05, 0.1) is 0 Å². The molecule has 1 heterocycles. The fourth-order valence-electron chi connectivity index (χ4n) is 2.98. The molecule has 5 heteroatoms. The Labute approximate surface area is 158 Å².